The summed E-state index contributed by atoms with van der Waals surface area (Å²) in [7, 11) is -3.23. The molecule has 1 fully saturated rings. The van der Waals surface area contributed by atoms with E-state index in [4.69, 9.17) is 15.3 Å². The second kappa shape index (κ2) is 9.49. The van der Waals surface area contributed by atoms with Crippen LogP contribution in [0, 0.1) is 34.5 Å². The number of aliphatic hydroxyl groups excluding tert-OH is 1. The van der Waals surface area contributed by atoms with E-state index in [1.807, 2.05) is 12.1 Å². The van der Waals surface area contributed by atoms with Gasteiger partial charge in [-0.3, -0.25) is 4.90 Å². The summed E-state index contributed by atoms with van der Waals surface area (Å²) >= 11 is 0. The number of nitrogens with zero attached hydrogens (tertiary/aromatic N) is 3. The summed E-state index contributed by atoms with van der Waals surface area (Å²) in [5.74, 6) is 1.25. The Labute approximate surface area is 183 Å². The zero-order valence-corrected chi connectivity index (χ0v) is 18.3. The Balaban J connectivity index is 1.57. The second-order valence-electron chi connectivity index (χ2n) is 8.09. The smallest absolute Gasteiger partial charge is 0.175 e. The summed E-state index contributed by atoms with van der Waals surface area (Å²) < 4.78 is 29.0. The molecule has 3 atom stereocenters. The number of aliphatic hydroxyl groups is 1. The lowest BCUT2D eigenvalue weighted by molar-refractivity contribution is 0.121. The first-order valence-corrected chi connectivity index (χ1v) is 11.9. The van der Waals surface area contributed by atoms with Crippen molar-refractivity contribution in [3.05, 3.63) is 59.2 Å². The van der Waals surface area contributed by atoms with Gasteiger partial charge in [-0.2, -0.15) is 10.5 Å². The number of hydrogen-bond donors (Lipinski definition) is 1. The molecule has 0 saturated carbocycles. The molecule has 0 unspecified atom stereocenters. The van der Waals surface area contributed by atoms with Gasteiger partial charge in [0, 0.05) is 31.8 Å². The Morgan fingerprint density at radius 1 is 1.13 bits per heavy atom. The highest BCUT2D eigenvalue weighted by atomic mass is 32.2. The summed E-state index contributed by atoms with van der Waals surface area (Å²) in [5.41, 5.74) is 1.28. The van der Waals surface area contributed by atoms with Crippen LogP contribution in [-0.2, 0) is 9.84 Å². The van der Waals surface area contributed by atoms with E-state index in [0.29, 0.717) is 41.5 Å². The molecule has 2 aromatic rings. The fraction of sp³-hybridized carbons (Fsp3) is 0.391. The highest BCUT2D eigenvalue weighted by Crippen LogP contribution is 2.27. The van der Waals surface area contributed by atoms with Gasteiger partial charge in [0.15, 0.2) is 9.84 Å². The van der Waals surface area contributed by atoms with E-state index in [-0.39, 0.29) is 10.8 Å². The van der Waals surface area contributed by atoms with Crippen LogP contribution in [0.15, 0.2) is 47.4 Å². The van der Waals surface area contributed by atoms with Crippen molar-refractivity contribution in [2.45, 2.75) is 17.9 Å². The number of sulfone groups is 1. The Kier molecular flexibility index (Phi) is 6.97. The van der Waals surface area contributed by atoms with Gasteiger partial charge in [-0.25, -0.2) is 8.42 Å². The molecule has 1 heterocycles. The highest BCUT2D eigenvalue weighted by molar-refractivity contribution is 7.90. The fourth-order valence-corrected chi connectivity index (χ4v) is 4.45. The molecule has 162 valence electrons. The average Bonchev–Trinajstić information content (AvgIpc) is 3.10. The zero-order chi connectivity index (χ0) is 22.6. The number of nitriles is 2. The van der Waals surface area contributed by atoms with E-state index in [2.05, 4.69) is 11.8 Å². The van der Waals surface area contributed by atoms with Gasteiger partial charge in [0.25, 0.3) is 0 Å². The van der Waals surface area contributed by atoms with Gasteiger partial charge in [-0.05, 0) is 53.9 Å². The molecule has 7 nitrogen and oxygen atoms in total. The average molecular weight is 440 g/mol. The van der Waals surface area contributed by atoms with E-state index in [0.717, 1.165) is 13.1 Å². The Hall–Kier alpha value is -2.91. The van der Waals surface area contributed by atoms with Crippen molar-refractivity contribution in [3.63, 3.8) is 0 Å². The lowest BCUT2D eigenvalue weighted by Gasteiger charge is -2.21. The fourth-order valence-electron chi connectivity index (χ4n) is 3.82. The quantitative estimate of drug-likeness (QED) is 0.705. The third-order valence-corrected chi connectivity index (χ3v) is 6.72. The molecule has 0 aromatic heterocycles. The van der Waals surface area contributed by atoms with Gasteiger partial charge in [-0.1, -0.05) is 6.92 Å². The number of rotatable bonds is 7. The molecule has 2 aromatic carbocycles. The van der Waals surface area contributed by atoms with Crippen LogP contribution in [0.2, 0.25) is 0 Å². The van der Waals surface area contributed by atoms with Gasteiger partial charge >= 0.3 is 0 Å². The van der Waals surface area contributed by atoms with Gasteiger partial charge in [0.05, 0.1) is 40.9 Å². The summed E-state index contributed by atoms with van der Waals surface area (Å²) in [6.45, 7) is 4.60. The summed E-state index contributed by atoms with van der Waals surface area (Å²) in [6, 6.07) is 15.2. The largest absolute Gasteiger partial charge is 0.493 e. The molecule has 1 saturated heterocycles. The number of ether oxygens (including phenoxy) is 1. The maximum atomic E-state index is 11.6. The molecule has 8 heteroatoms. The van der Waals surface area contributed by atoms with Crippen LogP contribution in [0.5, 0.6) is 5.75 Å². The third kappa shape index (κ3) is 5.83. The predicted octanol–water partition coefficient (Wildman–Crippen LogP) is 2.51. The molecule has 31 heavy (non-hydrogen) atoms. The van der Waals surface area contributed by atoms with Gasteiger partial charge in [0.2, 0.25) is 0 Å². The summed E-state index contributed by atoms with van der Waals surface area (Å²) in [4.78, 5) is 2.41. The standard InChI is InChI=1S/C23H25N3O4S/c1-16-12-26(14-23(27)19-8-17(10-24)7-18(9-19)11-25)13-20(16)15-30-21-3-5-22(6-4-21)31(2,28)29/h3-9,16,20,23,27H,12-15H2,1-2H3/t16-,20+,23-/m1/s1. The van der Waals surface area contributed by atoms with Crippen LogP contribution in [0.3, 0.4) is 0 Å². The summed E-state index contributed by atoms with van der Waals surface area (Å²) in [5, 5.41) is 28.9. The topological polar surface area (TPSA) is 114 Å². The Morgan fingerprint density at radius 3 is 2.29 bits per heavy atom. The molecule has 0 amide bonds. The van der Waals surface area contributed by atoms with Crippen molar-refractivity contribution < 1.29 is 18.3 Å². The van der Waals surface area contributed by atoms with E-state index in [1.165, 1.54) is 24.5 Å². The first kappa shape index (κ1) is 22.8. The molecular weight excluding hydrogens is 414 g/mol. The Bertz CT molecular complexity index is 1080. The molecule has 0 radical (unpaired) electrons. The van der Waals surface area contributed by atoms with Crippen molar-refractivity contribution >= 4 is 9.84 Å². The number of likely N-dealkylation sites (tertiary alicyclic amines) is 1. The molecule has 1 aliphatic heterocycles. The minimum atomic E-state index is -3.23. The van der Waals surface area contributed by atoms with Crippen molar-refractivity contribution in [3.8, 4) is 17.9 Å². The van der Waals surface area contributed by atoms with Crippen LogP contribution in [0.25, 0.3) is 0 Å². The van der Waals surface area contributed by atoms with Crippen molar-refractivity contribution in [2.75, 3.05) is 32.5 Å². The second-order valence-corrected chi connectivity index (χ2v) is 10.1. The van der Waals surface area contributed by atoms with Gasteiger partial charge in [0.1, 0.15) is 5.75 Å². The van der Waals surface area contributed by atoms with Crippen LogP contribution in [0.1, 0.15) is 29.7 Å². The molecule has 1 aliphatic rings. The number of benzene rings is 2. The van der Waals surface area contributed by atoms with Gasteiger partial charge in [-0.15, -0.1) is 0 Å². The van der Waals surface area contributed by atoms with E-state index in [1.54, 1.807) is 24.3 Å². The minimum Gasteiger partial charge on any atom is -0.493 e. The van der Waals surface area contributed by atoms with Crippen molar-refractivity contribution in [2.24, 2.45) is 11.8 Å². The predicted molar refractivity (Wildman–Crippen MR) is 115 cm³/mol. The van der Waals surface area contributed by atoms with Crippen LogP contribution >= 0.6 is 0 Å². The van der Waals surface area contributed by atoms with E-state index < -0.39 is 15.9 Å². The monoisotopic (exact) mass is 439 g/mol. The van der Waals surface area contributed by atoms with Crippen molar-refractivity contribution in [1.29, 1.82) is 10.5 Å². The SMILES string of the molecule is C[C@@H]1CN(C[C@@H](O)c2cc(C#N)cc(C#N)c2)C[C@H]1COc1ccc(S(C)(=O)=O)cc1. The van der Waals surface area contributed by atoms with Crippen LogP contribution in [-0.4, -0.2) is 50.9 Å². The first-order valence-electron chi connectivity index (χ1n) is 9.98. The molecule has 0 aliphatic carbocycles. The number of hydrogen-bond acceptors (Lipinski definition) is 7. The van der Waals surface area contributed by atoms with E-state index >= 15 is 0 Å². The van der Waals surface area contributed by atoms with Crippen LogP contribution < -0.4 is 4.74 Å². The van der Waals surface area contributed by atoms with Gasteiger partial charge < -0.3 is 9.84 Å². The highest BCUT2D eigenvalue weighted by Gasteiger charge is 2.31. The third-order valence-electron chi connectivity index (χ3n) is 5.59. The lowest BCUT2D eigenvalue weighted by atomic mass is 9.99. The molecule has 3 rings (SSSR count). The summed E-state index contributed by atoms with van der Waals surface area (Å²) in [6.07, 6.45) is 0.375. The molecule has 1 N–H and O–H groups in total. The first-order chi connectivity index (χ1) is 14.7. The zero-order valence-electron chi connectivity index (χ0n) is 17.5. The maximum Gasteiger partial charge on any atom is 0.175 e. The molecule has 0 bridgehead atoms. The lowest BCUT2D eigenvalue weighted by Crippen LogP contribution is -2.27. The number of β-amino-alcohol motifs (C(OH)–C–C–N with tert-alkyl or cyclic N) is 1. The molecular formula is C23H25N3O4S. The normalized spacial score (nSPS) is 20.0. The van der Waals surface area contributed by atoms with Crippen LogP contribution in [0.4, 0.5) is 0 Å². The van der Waals surface area contributed by atoms with Crippen molar-refractivity contribution in [1.82, 2.24) is 4.90 Å². The maximum absolute atomic E-state index is 11.6. The minimum absolute atomic E-state index is 0.259. The molecule has 0 spiro atoms. The van der Waals surface area contributed by atoms with E-state index in [9.17, 15) is 13.5 Å². The Morgan fingerprint density at radius 2 is 1.74 bits per heavy atom.